The van der Waals surface area contributed by atoms with Crippen LogP contribution in [0.4, 0.5) is 5.00 Å². The van der Waals surface area contributed by atoms with Crippen LogP contribution in [0, 0.1) is 0 Å². The topological polar surface area (TPSA) is 45.6 Å². The molecule has 0 aliphatic carbocycles. The van der Waals surface area contributed by atoms with Gasteiger partial charge in [-0.05, 0) is 17.2 Å². The maximum Gasteiger partial charge on any atom is 0.256 e. The van der Waals surface area contributed by atoms with Crippen molar-refractivity contribution in [3.63, 3.8) is 0 Å². The lowest BCUT2D eigenvalue weighted by Gasteiger charge is -2.26. The molecule has 2 aliphatic heterocycles. The lowest BCUT2D eigenvalue weighted by atomic mass is 10.0. The molecule has 1 aromatic heterocycles. The van der Waals surface area contributed by atoms with Gasteiger partial charge in [-0.15, -0.1) is 11.3 Å². The van der Waals surface area contributed by atoms with E-state index in [2.05, 4.69) is 53.1 Å². The zero-order chi connectivity index (χ0) is 19.6. The van der Waals surface area contributed by atoms with Crippen molar-refractivity contribution in [1.29, 1.82) is 0 Å². The minimum Gasteiger partial charge on any atom is -0.353 e. The van der Waals surface area contributed by atoms with Gasteiger partial charge in [0, 0.05) is 12.0 Å². The van der Waals surface area contributed by atoms with Crippen molar-refractivity contribution in [1.82, 2.24) is 5.32 Å². The summed E-state index contributed by atoms with van der Waals surface area (Å²) in [6, 6.07) is 20.8. The number of thiophene rings is 1. The molecular formula is C24H24N3OS+. The van der Waals surface area contributed by atoms with Gasteiger partial charge in [0.25, 0.3) is 5.91 Å². The second-order valence-electron chi connectivity index (χ2n) is 7.66. The van der Waals surface area contributed by atoms with Gasteiger partial charge in [-0.2, -0.15) is 0 Å². The standard InChI is InChI=1S/C24H23N3OS/c28-23-22-19-13-14-27(15-18-9-5-2-6-10-18)16-20(19)29-24(22)26-21(25-23)12-11-17-7-3-1-4-8-17/h1-12,21,26H,13-16H2,(H,25,28)/p+1. The number of benzene rings is 2. The fourth-order valence-corrected chi connectivity index (χ4v) is 5.53. The third-order valence-corrected chi connectivity index (χ3v) is 6.77. The number of hydrogen-bond donors (Lipinski definition) is 3. The summed E-state index contributed by atoms with van der Waals surface area (Å²) >= 11 is 1.75. The van der Waals surface area contributed by atoms with Crippen LogP contribution in [-0.2, 0) is 19.5 Å². The Hall–Kier alpha value is -2.89. The van der Waals surface area contributed by atoms with E-state index in [-0.39, 0.29) is 12.1 Å². The van der Waals surface area contributed by atoms with Crippen LogP contribution in [0.5, 0.6) is 0 Å². The fraction of sp³-hybridized carbons (Fsp3) is 0.208. The third-order valence-electron chi connectivity index (χ3n) is 5.61. The molecule has 2 aromatic carbocycles. The summed E-state index contributed by atoms with van der Waals surface area (Å²) in [5.41, 5.74) is 4.61. The first-order chi connectivity index (χ1) is 14.3. The quantitative estimate of drug-likeness (QED) is 0.628. The Morgan fingerprint density at radius 2 is 1.79 bits per heavy atom. The van der Waals surface area contributed by atoms with Crippen LogP contribution >= 0.6 is 11.3 Å². The number of hydrogen-bond acceptors (Lipinski definition) is 3. The van der Waals surface area contributed by atoms with Gasteiger partial charge in [0.05, 0.1) is 17.0 Å². The van der Waals surface area contributed by atoms with Crippen LogP contribution in [0.1, 0.15) is 31.9 Å². The normalized spacial score (nSPS) is 20.6. The Bertz CT molecular complexity index is 1040. The Kier molecular flexibility index (Phi) is 4.92. The molecule has 3 N–H and O–H groups in total. The highest BCUT2D eigenvalue weighted by atomic mass is 32.1. The molecular weight excluding hydrogens is 378 g/mol. The van der Waals surface area contributed by atoms with Crippen molar-refractivity contribution >= 4 is 28.3 Å². The molecule has 5 rings (SSSR count). The number of rotatable bonds is 4. The average Bonchev–Trinajstić information content (AvgIpc) is 3.12. The smallest absolute Gasteiger partial charge is 0.256 e. The van der Waals surface area contributed by atoms with E-state index in [9.17, 15) is 4.79 Å². The first-order valence-corrected chi connectivity index (χ1v) is 10.9. The largest absolute Gasteiger partial charge is 0.353 e. The van der Waals surface area contributed by atoms with E-state index in [1.165, 1.54) is 16.0 Å². The van der Waals surface area contributed by atoms with Crippen molar-refractivity contribution in [3.8, 4) is 0 Å². The van der Waals surface area contributed by atoms with Crippen LogP contribution in [0.3, 0.4) is 0 Å². The average molecular weight is 403 g/mol. The van der Waals surface area contributed by atoms with Gasteiger partial charge in [-0.25, -0.2) is 0 Å². The minimum absolute atomic E-state index is 0.0467. The van der Waals surface area contributed by atoms with Crippen LogP contribution < -0.4 is 15.5 Å². The fourth-order valence-electron chi connectivity index (χ4n) is 4.17. The number of anilines is 1. The number of carbonyl (C=O) groups excluding carboxylic acids is 1. The van der Waals surface area contributed by atoms with Crippen molar-refractivity contribution < 1.29 is 9.69 Å². The van der Waals surface area contributed by atoms with E-state index >= 15 is 0 Å². The van der Waals surface area contributed by atoms with E-state index in [1.54, 1.807) is 16.2 Å². The molecule has 4 nitrogen and oxygen atoms in total. The SMILES string of the molecule is O=C1NC(C=Cc2ccccc2)Nc2sc3c(c21)CC[NH+](Cc1ccccc1)C3. The van der Waals surface area contributed by atoms with E-state index in [4.69, 9.17) is 0 Å². The summed E-state index contributed by atoms with van der Waals surface area (Å²) in [6.07, 6.45) is 4.84. The highest BCUT2D eigenvalue weighted by Gasteiger charge is 2.33. The summed E-state index contributed by atoms with van der Waals surface area (Å²) in [5.74, 6) is 0.0467. The summed E-state index contributed by atoms with van der Waals surface area (Å²) in [5, 5.41) is 7.62. The molecule has 5 heteroatoms. The molecule has 2 unspecified atom stereocenters. The Morgan fingerprint density at radius 1 is 1.03 bits per heavy atom. The first-order valence-electron chi connectivity index (χ1n) is 10.1. The second-order valence-corrected chi connectivity index (χ2v) is 8.77. The summed E-state index contributed by atoms with van der Waals surface area (Å²) in [7, 11) is 0. The van der Waals surface area contributed by atoms with Crippen LogP contribution in [-0.4, -0.2) is 18.6 Å². The van der Waals surface area contributed by atoms with Gasteiger partial charge in [0.1, 0.15) is 24.3 Å². The first kappa shape index (κ1) is 18.2. The van der Waals surface area contributed by atoms with Gasteiger partial charge < -0.3 is 15.5 Å². The molecule has 0 spiro atoms. The number of fused-ring (bicyclic) bond motifs is 3. The van der Waals surface area contributed by atoms with E-state index in [1.807, 2.05) is 30.4 Å². The highest BCUT2D eigenvalue weighted by Crippen LogP contribution is 2.36. The van der Waals surface area contributed by atoms with E-state index < -0.39 is 0 Å². The lowest BCUT2D eigenvalue weighted by Crippen LogP contribution is -3.10. The Balaban J connectivity index is 1.32. The van der Waals surface area contributed by atoms with Gasteiger partial charge in [-0.1, -0.05) is 66.7 Å². The molecule has 3 heterocycles. The number of amides is 1. The molecule has 146 valence electrons. The van der Waals surface area contributed by atoms with Gasteiger partial charge in [0.2, 0.25) is 0 Å². The maximum absolute atomic E-state index is 12.8. The molecule has 1 amide bonds. The minimum atomic E-state index is -0.178. The van der Waals surface area contributed by atoms with Crippen molar-refractivity contribution in [2.75, 3.05) is 11.9 Å². The van der Waals surface area contributed by atoms with Crippen molar-refractivity contribution in [2.24, 2.45) is 0 Å². The highest BCUT2D eigenvalue weighted by molar-refractivity contribution is 7.16. The molecule has 0 radical (unpaired) electrons. The van der Waals surface area contributed by atoms with Crippen molar-refractivity contribution in [2.45, 2.75) is 25.7 Å². The van der Waals surface area contributed by atoms with Crippen LogP contribution in [0.15, 0.2) is 66.7 Å². The molecule has 29 heavy (non-hydrogen) atoms. The van der Waals surface area contributed by atoms with Crippen molar-refractivity contribution in [3.05, 3.63) is 93.9 Å². The second kappa shape index (κ2) is 7.85. The molecule has 0 bridgehead atoms. The molecule has 0 saturated carbocycles. The van der Waals surface area contributed by atoms with Crippen LogP contribution in [0.25, 0.3) is 6.08 Å². The predicted molar refractivity (Wildman–Crippen MR) is 118 cm³/mol. The van der Waals surface area contributed by atoms with Crippen LogP contribution in [0.2, 0.25) is 0 Å². The maximum atomic E-state index is 12.8. The lowest BCUT2D eigenvalue weighted by molar-refractivity contribution is -0.929. The summed E-state index contributed by atoms with van der Waals surface area (Å²) < 4.78 is 0. The molecule has 2 atom stereocenters. The molecule has 2 aliphatic rings. The zero-order valence-electron chi connectivity index (χ0n) is 16.2. The Labute approximate surface area is 174 Å². The number of carbonyl (C=O) groups is 1. The molecule has 0 saturated heterocycles. The summed E-state index contributed by atoms with van der Waals surface area (Å²) in [4.78, 5) is 15.7. The molecule has 0 fully saturated rings. The zero-order valence-corrected chi connectivity index (χ0v) is 17.0. The Morgan fingerprint density at radius 3 is 2.59 bits per heavy atom. The van der Waals surface area contributed by atoms with Gasteiger partial charge in [0.15, 0.2) is 0 Å². The van der Waals surface area contributed by atoms with E-state index in [0.717, 1.165) is 42.2 Å². The van der Waals surface area contributed by atoms with E-state index in [0.29, 0.717) is 0 Å². The monoisotopic (exact) mass is 402 g/mol. The number of nitrogens with one attached hydrogen (secondary N) is 3. The summed E-state index contributed by atoms with van der Waals surface area (Å²) in [6.45, 7) is 3.09. The third kappa shape index (κ3) is 3.84. The van der Waals surface area contributed by atoms with Gasteiger partial charge in [-0.3, -0.25) is 4.79 Å². The number of quaternary nitrogens is 1. The predicted octanol–water partition coefficient (Wildman–Crippen LogP) is 3.08. The van der Waals surface area contributed by atoms with Gasteiger partial charge >= 0.3 is 0 Å². The molecule has 3 aromatic rings.